The topological polar surface area (TPSA) is 47.6 Å². The van der Waals surface area contributed by atoms with Gasteiger partial charge in [0.2, 0.25) is 5.91 Å². The summed E-state index contributed by atoms with van der Waals surface area (Å²) < 4.78 is 24.1. The maximum Gasteiger partial charge on any atom is 0.224 e. The molecule has 0 bridgehead atoms. The molecular formula is C18H18FNO3. The fourth-order valence-electron chi connectivity index (χ4n) is 2.48. The quantitative estimate of drug-likeness (QED) is 0.939. The van der Waals surface area contributed by atoms with E-state index in [-0.39, 0.29) is 11.7 Å². The lowest BCUT2D eigenvalue weighted by Crippen LogP contribution is -2.16. The Hall–Kier alpha value is -2.56. The van der Waals surface area contributed by atoms with Gasteiger partial charge in [0.25, 0.3) is 0 Å². The molecule has 0 unspecified atom stereocenters. The molecule has 5 heteroatoms. The van der Waals surface area contributed by atoms with Crippen molar-refractivity contribution in [3.8, 4) is 11.5 Å². The molecule has 1 amide bonds. The minimum Gasteiger partial charge on any atom is -0.486 e. The van der Waals surface area contributed by atoms with Crippen molar-refractivity contribution in [2.24, 2.45) is 0 Å². The van der Waals surface area contributed by atoms with Gasteiger partial charge in [-0.15, -0.1) is 0 Å². The zero-order valence-corrected chi connectivity index (χ0v) is 12.9. The first kappa shape index (κ1) is 15.3. The Morgan fingerprint density at radius 1 is 1.13 bits per heavy atom. The van der Waals surface area contributed by atoms with Crippen LogP contribution in [0.25, 0.3) is 0 Å². The van der Waals surface area contributed by atoms with Gasteiger partial charge < -0.3 is 14.8 Å². The molecule has 0 spiro atoms. The predicted molar refractivity (Wildman–Crippen MR) is 85.5 cm³/mol. The van der Waals surface area contributed by atoms with Crippen molar-refractivity contribution in [1.82, 2.24) is 0 Å². The van der Waals surface area contributed by atoms with Crippen LogP contribution in [0, 0.1) is 12.7 Å². The van der Waals surface area contributed by atoms with Crippen LogP contribution in [-0.4, -0.2) is 19.1 Å². The van der Waals surface area contributed by atoms with E-state index in [1.165, 1.54) is 12.1 Å². The third-order valence-corrected chi connectivity index (χ3v) is 3.71. The van der Waals surface area contributed by atoms with Crippen LogP contribution in [0.3, 0.4) is 0 Å². The van der Waals surface area contributed by atoms with Gasteiger partial charge in [-0.05, 0) is 54.8 Å². The first-order valence-electron chi connectivity index (χ1n) is 7.56. The predicted octanol–water partition coefficient (Wildman–Crippen LogP) is 3.48. The van der Waals surface area contributed by atoms with Gasteiger partial charge in [0.15, 0.2) is 11.5 Å². The number of carbonyl (C=O) groups excluding carboxylic acids is 1. The Kier molecular flexibility index (Phi) is 4.46. The van der Waals surface area contributed by atoms with E-state index >= 15 is 0 Å². The smallest absolute Gasteiger partial charge is 0.224 e. The van der Waals surface area contributed by atoms with E-state index in [0.717, 1.165) is 17.1 Å². The third kappa shape index (κ3) is 3.80. The average molecular weight is 315 g/mol. The number of ether oxygens (including phenoxy) is 2. The standard InChI is InChI=1S/C18H18FNO3/c1-12-10-14(19)4-5-15(12)20-18(21)7-3-13-2-6-16-17(11-13)23-9-8-22-16/h2,4-6,10-11H,3,7-9H2,1H3,(H,20,21). The van der Waals surface area contributed by atoms with Gasteiger partial charge in [0, 0.05) is 12.1 Å². The SMILES string of the molecule is Cc1cc(F)ccc1NC(=O)CCc1ccc2c(c1)OCCO2. The van der Waals surface area contributed by atoms with Gasteiger partial charge in [-0.3, -0.25) is 4.79 Å². The molecular weight excluding hydrogens is 297 g/mol. The maximum absolute atomic E-state index is 13.1. The largest absolute Gasteiger partial charge is 0.486 e. The Bertz CT molecular complexity index is 730. The number of hydrogen-bond donors (Lipinski definition) is 1. The van der Waals surface area contributed by atoms with E-state index in [4.69, 9.17) is 9.47 Å². The number of carbonyl (C=O) groups is 1. The van der Waals surface area contributed by atoms with E-state index in [1.54, 1.807) is 13.0 Å². The normalized spacial score (nSPS) is 12.8. The highest BCUT2D eigenvalue weighted by Crippen LogP contribution is 2.31. The molecule has 23 heavy (non-hydrogen) atoms. The van der Waals surface area contributed by atoms with E-state index in [9.17, 15) is 9.18 Å². The Balaban J connectivity index is 1.58. The molecule has 1 aliphatic heterocycles. The molecule has 0 radical (unpaired) electrons. The Labute approximate surface area is 134 Å². The average Bonchev–Trinajstić information content (AvgIpc) is 2.55. The van der Waals surface area contributed by atoms with Gasteiger partial charge in [0.1, 0.15) is 19.0 Å². The number of hydrogen-bond acceptors (Lipinski definition) is 3. The molecule has 0 aliphatic carbocycles. The minimum absolute atomic E-state index is 0.102. The van der Waals surface area contributed by atoms with Gasteiger partial charge in [0.05, 0.1) is 0 Å². The number of fused-ring (bicyclic) bond motifs is 1. The fraction of sp³-hybridized carbons (Fsp3) is 0.278. The zero-order chi connectivity index (χ0) is 16.2. The lowest BCUT2D eigenvalue weighted by molar-refractivity contribution is -0.116. The number of amides is 1. The number of aryl methyl sites for hydroxylation is 2. The fourth-order valence-corrected chi connectivity index (χ4v) is 2.48. The van der Waals surface area contributed by atoms with Crippen LogP contribution in [0.4, 0.5) is 10.1 Å². The molecule has 120 valence electrons. The number of halogens is 1. The lowest BCUT2D eigenvalue weighted by atomic mass is 10.1. The van der Waals surface area contributed by atoms with Crippen LogP contribution in [0.2, 0.25) is 0 Å². The number of nitrogens with one attached hydrogen (secondary N) is 1. The van der Waals surface area contributed by atoms with E-state index in [1.807, 2.05) is 18.2 Å². The molecule has 1 N–H and O–H groups in total. The monoisotopic (exact) mass is 315 g/mol. The summed E-state index contributed by atoms with van der Waals surface area (Å²) in [5, 5.41) is 2.81. The van der Waals surface area contributed by atoms with Crippen LogP contribution >= 0.6 is 0 Å². The van der Waals surface area contributed by atoms with Crippen molar-refractivity contribution in [2.45, 2.75) is 19.8 Å². The highest BCUT2D eigenvalue weighted by atomic mass is 19.1. The van der Waals surface area contributed by atoms with Crippen molar-refractivity contribution >= 4 is 11.6 Å². The first-order chi connectivity index (χ1) is 11.1. The van der Waals surface area contributed by atoms with Crippen LogP contribution in [0.15, 0.2) is 36.4 Å². The van der Waals surface area contributed by atoms with Gasteiger partial charge >= 0.3 is 0 Å². The summed E-state index contributed by atoms with van der Waals surface area (Å²) >= 11 is 0. The second kappa shape index (κ2) is 6.69. The van der Waals surface area contributed by atoms with Crippen molar-refractivity contribution < 1.29 is 18.7 Å². The molecule has 1 aliphatic rings. The van der Waals surface area contributed by atoms with Gasteiger partial charge in [-0.25, -0.2) is 4.39 Å². The van der Waals surface area contributed by atoms with E-state index in [0.29, 0.717) is 37.3 Å². The molecule has 4 nitrogen and oxygen atoms in total. The molecule has 2 aromatic carbocycles. The Morgan fingerprint density at radius 3 is 2.70 bits per heavy atom. The van der Waals surface area contributed by atoms with Gasteiger partial charge in [-0.1, -0.05) is 6.07 Å². The number of anilines is 1. The molecule has 0 saturated heterocycles. The molecule has 0 fully saturated rings. The molecule has 0 saturated carbocycles. The Morgan fingerprint density at radius 2 is 1.91 bits per heavy atom. The summed E-state index contributed by atoms with van der Waals surface area (Å²) in [7, 11) is 0. The summed E-state index contributed by atoms with van der Waals surface area (Å²) in [5.41, 5.74) is 2.36. The molecule has 0 atom stereocenters. The summed E-state index contributed by atoms with van der Waals surface area (Å²) in [6, 6.07) is 10.0. The molecule has 1 heterocycles. The van der Waals surface area contributed by atoms with E-state index in [2.05, 4.69) is 5.32 Å². The lowest BCUT2D eigenvalue weighted by Gasteiger charge is -2.18. The molecule has 3 rings (SSSR count). The van der Waals surface area contributed by atoms with Crippen molar-refractivity contribution in [2.75, 3.05) is 18.5 Å². The first-order valence-corrected chi connectivity index (χ1v) is 7.56. The van der Waals surface area contributed by atoms with Crippen LogP contribution in [0.1, 0.15) is 17.5 Å². The van der Waals surface area contributed by atoms with Gasteiger partial charge in [-0.2, -0.15) is 0 Å². The minimum atomic E-state index is -0.309. The zero-order valence-electron chi connectivity index (χ0n) is 12.9. The second-order valence-corrected chi connectivity index (χ2v) is 5.49. The number of rotatable bonds is 4. The summed E-state index contributed by atoms with van der Waals surface area (Å²) in [6.45, 7) is 2.87. The van der Waals surface area contributed by atoms with Crippen LogP contribution in [0.5, 0.6) is 11.5 Å². The second-order valence-electron chi connectivity index (χ2n) is 5.49. The van der Waals surface area contributed by atoms with Crippen molar-refractivity contribution in [3.63, 3.8) is 0 Å². The van der Waals surface area contributed by atoms with E-state index < -0.39 is 0 Å². The summed E-state index contributed by atoms with van der Waals surface area (Å²) in [6.07, 6.45) is 0.944. The summed E-state index contributed by atoms with van der Waals surface area (Å²) in [4.78, 5) is 12.1. The van der Waals surface area contributed by atoms with Crippen LogP contribution in [-0.2, 0) is 11.2 Å². The van der Waals surface area contributed by atoms with Crippen LogP contribution < -0.4 is 14.8 Å². The highest BCUT2D eigenvalue weighted by Gasteiger charge is 2.12. The number of benzene rings is 2. The molecule has 0 aromatic heterocycles. The third-order valence-electron chi connectivity index (χ3n) is 3.71. The van der Waals surface area contributed by atoms with Crippen molar-refractivity contribution in [1.29, 1.82) is 0 Å². The molecule has 2 aromatic rings. The highest BCUT2D eigenvalue weighted by molar-refractivity contribution is 5.91. The maximum atomic E-state index is 13.1. The summed E-state index contributed by atoms with van der Waals surface area (Å²) in [5.74, 6) is 1.06. The van der Waals surface area contributed by atoms with Crippen molar-refractivity contribution in [3.05, 3.63) is 53.3 Å².